The summed E-state index contributed by atoms with van der Waals surface area (Å²) in [6.07, 6.45) is 1.86. The first-order valence-electron chi connectivity index (χ1n) is 4.83. The van der Waals surface area contributed by atoms with E-state index in [2.05, 4.69) is 5.32 Å². The van der Waals surface area contributed by atoms with Crippen LogP contribution in [0.15, 0.2) is 18.2 Å². The van der Waals surface area contributed by atoms with Gasteiger partial charge in [0.05, 0.1) is 0 Å². The second kappa shape index (κ2) is 3.31. The monoisotopic (exact) mass is 197 g/mol. The van der Waals surface area contributed by atoms with Crippen LogP contribution in [0.5, 0.6) is 0 Å². The third kappa shape index (κ3) is 1.42. The van der Waals surface area contributed by atoms with Crippen molar-refractivity contribution in [3.05, 3.63) is 35.4 Å². The van der Waals surface area contributed by atoms with Gasteiger partial charge in [-0.1, -0.05) is 12.1 Å². The van der Waals surface area contributed by atoms with Crippen LogP contribution in [0, 0.1) is 11.6 Å². The summed E-state index contributed by atoms with van der Waals surface area (Å²) in [5.41, 5.74) is 0.0432. The van der Waals surface area contributed by atoms with Gasteiger partial charge >= 0.3 is 0 Å². The minimum Gasteiger partial charge on any atom is -0.308 e. The number of halogens is 2. The highest BCUT2D eigenvalue weighted by Gasteiger charge is 2.33. The van der Waals surface area contributed by atoms with Crippen molar-refractivity contribution in [3.8, 4) is 0 Å². The lowest BCUT2D eigenvalue weighted by Gasteiger charge is -2.25. The number of rotatable bonds is 1. The Morgan fingerprint density at radius 3 is 2.79 bits per heavy atom. The third-order valence-corrected chi connectivity index (χ3v) is 2.91. The standard InChI is InChI=1S/C11H13F2N/c1-11(6-3-7-14-11)8-4-2-5-9(12)10(8)13/h2,4-5,14H,3,6-7H2,1H3. The summed E-state index contributed by atoms with van der Waals surface area (Å²) >= 11 is 0. The van der Waals surface area contributed by atoms with Gasteiger partial charge in [-0.15, -0.1) is 0 Å². The quantitative estimate of drug-likeness (QED) is 0.729. The van der Waals surface area contributed by atoms with Gasteiger partial charge in [-0.3, -0.25) is 0 Å². The van der Waals surface area contributed by atoms with Crippen molar-refractivity contribution in [2.75, 3.05) is 6.54 Å². The highest BCUT2D eigenvalue weighted by Crippen LogP contribution is 2.32. The van der Waals surface area contributed by atoms with Gasteiger partial charge in [-0.25, -0.2) is 8.78 Å². The van der Waals surface area contributed by atoms with E-state index in [1.165, 1.54) is 0 Å². The lowest BCUT2D eigenvalue weighted by Crippen LogP contribution is -2.34. The van der Waals surface area contributed by atoms with Crippen molar-refractivity contribution in [2.45, 2.75) is 25.3 Å². The summed E-state index contributed by atoms with van der Waals surface area (Å²) in [5, 5.41) is 3.21. The largest absolute Gasteiger partial charge is 0.308 e. The fourth-order valence-electron chi connectivity index (χ4n) is 2.05. The molecule has 1 fully saturated rings. The molecule has 1 aromatic carbocycles. The maximum absolute atomic E-state index is 13.5. The number of benzene rings is 1. The van der Waals surface area contributed by atoms with Gasteiger partial charge in [0.2, 0.25) is 0 Å². The van der Waals surface area contributed by atoms with Crippen LogP contribution in [0.3, 0.4) is 0 Å². The summed E-state index contributed by atoms with van der Waals surface area (Å²) in [6, 6.07) is 4.35. The van der Waals surface area contributed by atoms with Crippen LogP contribution in [-0.4, -0.2) is 6.54 Å². The van der Waals surface area contributed by atoms with Crippen molar-refractivity contribution in [1.29, 1.82) is 0 Å². The molecule has 1 unspecified atom stereocenters. The normalized spacial score (nSPS) is 26.8. The maximum Gasteiger partial charge on any atom is 0.163 e. The first kappa shape index (κ1) is 9.59. The molecule has 0 spiro atoms. The van der Waals surface area contributed by atoms with E-state index in [1.54, 1.807) is 12.1 Å². The van der Waals surface area contributed by atoms with Crippen molar-refractivity contribution >= 4 is 0 Å². The average Bonchev–Trinajstić information content (AvgIpc) is 2.58. The van der Waals surface area contributed by atoms with E-state index in [0.29, 0.717) is 5.56 Å². The van der Waals surface area contributed by atoms with Crippen LogP contribution in [0.2, 0.25) is 0 Å². The van der Waals surface area contributed by atoms with Crippen LogP contribution >= 0.6 is 0 Å². The Balaban J connectivity index is 2.45. The molecule has 1 atom stereocenters. The molecule has 14 heavy (non-hydrogen) atoms. The average molecular weight is 197 g/mol. The van der Waals surface area contributed by atoms with Crippen LogP contribution in [0.4, 0.5) is 8.78 Å². The van der Waals surface area contributed by atoms with E-state index in [4.69, 9.17) is 0 Å². The molecule has 1 nitrogen and oxygen atoms in total. The zero-order valence-electron chi connectivity index (χ0n) is 8.11. The second-order valence-electron chi connectivity index (χ2n) is 3.96. The number of nitrogens with one attached hydrogen (secondary N) is 1. The smallest absolute Gasteiger partial charge is 0.163 e. The van der Waals surface area contributed by atoms with Gasteiger partial charge in [0.15, 0.2) is 11.6 Å². The molecule has 2 rings (SSSR count). The van der Waals surface area contributed by atoms with Gasteiger partial charge in [-0.05, 0) is 32.4 Å². The van der Waals surface area contributed by atoms with Crippen LogP contribution in [0.1, 0.15) is 25.3 Å². The Hall–Kier alpha value is -0.960. The maximum atomic E-state index is 13.5. The summed E-state index contributed by atoms with van der Waals surface area (Å²) in [4.78, 5) is 0. The molecule has 1 heterocycles. The molecule has 1 aliphatic heterocycles. The first-order valence-corrected chi connectivity index (χ1v) is 4.83. The highest BCUT2D eigenvalue weighted by molar-refractivity contribution is 5.27. The minimum atomic E-state index is -0.766. The molecule has 0 bridgehead atoms. The lowest BCUT2D eigenvalue weighted by atomic mass is 9.90. The van der Waals surface area contributed by atoms with Crippen LogP contribution < -0.4 is 5.32 Å². The summed E-state index contributed by atoms with van der Waals surface area (Å²) in [6.45, 7) is 2.78. The highest BCUT2D eigenvalue weighted by atomic mass is 19.2. The Morgan fingerprint density at radius 1 is 1.36 bits per heavy atom. The minimum absolute atomic E-state index is 0.397. The van der Waals surface area contributed by atoms with E-state index in [1.807, 2.05) is 6.92 Å². The Bertz CT molecular complexity index is 343. The number of hydrogen-bond donors (Lipinski definition) is 1. The summed E-state index contributed by atoms with van der Waals surface area (Å²) < 4.78 is 26.5. The predicted molar refractivity (Wildman–Crippen MR) is 50.9 cm³/mol. The Kier molecular flexibility index (Phi) is 2.27. The van der Waals surface area contributed by atoms with E-state index in [9.17, 15) is 8.78 Å². The van der Waals surface area contributed by atoms with Crippen LogP contribution in [-0.2, 0) is 5.54 Å². The zero-order valence-corrected chi connectivity index (χ0v) is 8.11. The second-order valence-corrected chi connectivity index (χ2v) is 3.96. The lowest BCUT2D eigenvalue weighted by molar-refractivity contribution is 0.395. The molecule has 1 N–H and O–H groups in total. The van der Waals surface area contributed by atoms with E-state index < -0.39 is 17.2 Å². The molecule has 76 valence electrons. The molecular weight excluding hydrogens is 184 g/mol. The number of hydrogen-bond acceptors (Lipinski definition) is 1. The van der Waals surface area contributed by atoms with Gasteiger partial charge in [0, 0.05) is 11.1 Å². The molecule has 3 heteroatoms. The molecular formula is C11H13F2N. The molecule has 0 amide bonds. The van der Waals surface area contributed by atoms with E-state index in [-0.39, 0.29) is 0 Å². The fraction of sp³-hybridized carbons (Fsp3) is 0.455. The molecule has 1 aliphatic rings. The van der Waals surface area contributed by atoms with Gasteiger partial charge in [0.25, 0.3) is 0 Å². The predicted octanol–water partition coefficient (Wildman–Crippen LogP) is 2.56. The van der Waals surface area contributed by atoms with Gasteiger partial charge in [-0.2, -0.15) is 0 Å². The molecule has 0 aromatic heterocycles. The van der Waals surface area contributed by atoms with Crippen molar-refractivity contribution < 1.29 is 8.78 Å². The van der Waals surface area contributed by atoms with Crippen molar-refractivity contribution in [3.63, 3.8) is 0 Å². The molecule has 1 saturated heterocycles. The molecule has 0 saturated carbocycles. The Labute approximate surface area is 82.1 Å². The Morgan fingerprint density at radius 2 is 2.14 bits per heavy atom. The van der Waals surface area contributed by atoms with Crippen molar-refractivity contribution in [1.82, 2.24) is 5.32 Å². The summed E-state index contributed by atoms with van der Waals surface area (Å²) in [7, 11) is 0. The molecule has 1 aromatic rings. The SMILES string of the molecule is CC1(c2cccc(F)c2F)CCCN1. The fourth-order valence-corrected chi connectivity index (χ4v) is 2.05. The first-order chi connectivity index (χ1) is 6.63. The van der Waals surface area contributed by atoms with Crippen LogP contribution in [0.25, 0.3) is 0 Å². The van der Waals surface area contributed by atoms with E-state index in [0.717, 1.165) is 25.5 Å². The van der Waals surface area contributed by atoms with Gasteiger partial charge in [0.1, 0.15) is 0 Å². The third-order valence-electron chi connectivity index (χ3n) is 2.91. The van der Waals surface area contributed by atoms with Crippen molar-refractivity contribution in [2.24, 2.45) is 0 Å². The van der Waals surface area contributed by atoms with E-state index >= 15 is 0 Å². The summed E-state index contributed by atoms with van der Waals surface area (Å²) in [5.74, 6) is -1.48. The molecule has 0 radical (unpaired) electrons. The zero-order chi connectivity index (χ0) is 10.2. The van der Waals surface area contributed by atoms with Gasteiger partial charge < -0.3 is 5.32 Å². The molecule has 0 aliphatic carbocycles. The topological polar surface area (TPSA) is 12.0 Å².